The van der Waals surface area contributed by atoms with Crippen LogP contribution in [0.3, 0.4) is 0 Å². The third kappa shape index (κ3) is 3.89. The van der Waals surface area contributed by atoms with Crippen LogP contribution in [-0.4, -0.2) is 34.0 Å². The summed E-state index contributed by atoms with van der Waals surface area (Å²) >= 11 is 0. The number of carbonyl (C=O) groups is 3. The average Bonchev–Trinajstić information content (AvgIpc) is 2.27. The Hall–Kier alpha value is -2.37. The maximum absolute atomic E-state index is 11.2. The summed E-state index contributed by atoms with van der Waals surface area (Å²) in [4.78, 5) is 32.5. The molecule has 0 saturated carbocycles. The largest absolute Gasteiger partial charge is 0.481 e. The lowest BCUT2D eigenvalue weighted by atomic mass is 10.1. The lowest BCUT2D eigenvalue weighted by Gasteiger charge is -2.14. The number of ketones is 1. The second-order valence-electron chi connectivity index (χ2n) is 3.77. The highest BCUT2D eigenvalue weighted by Gasteiger charge is 2.20. The fourth-order valence-electron chi connectivity index (χ4n) is 1.40. The molecule has 6 heteroatoms. The molecule has 0 aliphatic heterocycles. The molecular weight excluding hydrogens is 238 g/mol. The topological polar surface area (TPSA) is 104 Å². The van der Waals surface area contributed by atoms with Gasteiger partial charge in [0.2, 0.25) is 0 Å². The molecule has 0 bridgehead atoms. The fourth-order valence-corrected chi connectivity index (χ4v) is 1.40. The van der Waals surface area contributed by atoms with Gasteiger partial charge < -0.3 is 15.5 Å². The second-order valence-corrected chi connectivity index (χ2v) is 3.77. The molecule has 1 atom stereocenters. The Kier molecular flexibility index (Phi) is 4.42. The quantitative estimate of drug-likeness (QED) is 0.657. The zero-order valence-corrected chi connectivity index (χ0v) is 9.71. The molecule has 0 aliphatic carbocycles. The van der Waals surface area contributed by atoms with Crippen LogP contribution in [0.2, 0.25) is 0 Å². The fraction of sp³-hybridized carbons (Fsp3) is 0.250. The zero-order chi connectivity index (χ0) is 13.7. The predicted molar refractivity (Wildman–Crippen MR) is 63.7 cm³/mol. The molecule has 6 nitrogen and oxygen atoms in total. The van der Waals surface area contributed by atoms with Crippen molar-refractivity contribution in [1.82, 2.24) is 0 Å². The van der Waals surface area contributed by atoms with Crippen molar-refractivity contribution in [3.8, 4) is 0 Å². The van der Waals surface area contributed by atoms with E-state index in [0.717, 1.165) is 0 Å². The van der Waals surface area contributed by atoms with Crippen molar-refractivity contribution in [1.29, 1.82) is 0 Å². The number of hydrogen-bond acceptors (Lipinski definition) is 4. The number of hydrogen-bond donors (Lipinski definition) is 3. The summed E-state index contributed by atoms with van der Waals surface area (Å²) in [6.45, 7) is 1.39. The number of rotatable bonds is 6. The van der Waals surface area contributed by atoms with Crippen molar-refractivity contribution >= 4 is 23.4 Å². The van der Waals surface area contributed by atoms with Crippen LogP contribution < -0.4 is 5.32 Å². The van der Waals surface area contributed by atoms with E-state index in [-0.39, 0.29) is 5.78 Å². The minimum absolute atomic E-state index is 0.149. The van der Waals surface area contributed by atoms with Gasteiger partial charge in [-0.15, -0.1) is 0 Å². The average molecular weight is 251 g/mol. The van der Waals surface area contributed by atoms with E-state index in [4.69, 9.17) is 10.2 Å². The lowest BCUT2D eigenvalue weighted by molar-refractivity contribution is -0.144. The van der Waals surface area contributed by atoms with Crippen LogP contribution in [0.15, 0.2) is 24.3 Å². The van der Waals surface area contributed by atoms with Crippen molar-refractivity contribution < 1.29 is 24.6 Å². The Morgan fingerprint density at radius 1 is 1.28 bits per heavy atom. The van der Waals surface area contributed by atoms with Gasteiger partial charge in [0.15, 0.2) is 5.78 Å². The molecule has 0 fully saturated rings. The number of carboxylic acid groups (broad SMARTS) is 2. The second kappa shape index (κ2) is 5.81. The van der Waals surface area contributed by atoms with E-state index in [1.165, 1.54) is 13.0 Å². The predicted octanol–water partition coefficient (Wildman–Crippen LogP) is 1.23. The molecule has 1 aromatic carbocycles. The molecule has 0 aromatic heterocycles. The molecule has 0 radical (unpaired) electrons. The van der Waals surface area contributed by atoms with Gasteiger partial charge in [0, 0.05) is 11.3 Å². The molecule has 0 amide bonds. The minimum Gasteiger partial charge on any atom is -0.481 e. The summed E-state index contributed by atoms with van der Waals surface area (Å²) < 4.78 is 0. The van der Waals surface area contributed by atoms with Crippen molar-refractivity contribution in [2.24, 2.45) is 0 Å². The van der Waals surface area contributed by atoms with E-state index < -0.39 is 24.4 Å². The SMILES string of the molecule is CC(=O)c1cccc(NC(CC(=O)O)C(=O)O)c1. The monoisotopic (exact) mass is 251 g/mol. The molecule has 1 aromatic rings. The van der Waals surface area contributed by atoms with Crippen LogP contribution in [0.1, 0.15) is 23.7 Å². The summed E-state index contributed by atoms with van der Waals surface area (Å²) in [5.74, 6) is -2.62. The van der Waals surface area contributed by atoms with Crippen LogP contribution in [-0.2, 0) is 9.59 Å². The van der Waals surface area contributed by atoms with Crippen molar-refractivity contribution in [2.45, 2.75) is 19.4 Å². The van der Waals surface area contributed by atoms with Crippen LogP contribution in [0, 0.1) is 0 Å². The van der Waals surface area contributed by atoms with Gasteiger partial charge in [0.25, 0.3) is 0 Å². The molecule has 3 N–H and O–H groups in total. The number of carbonyl (C=O) groups excluding carboxylic acids is 1. The third-order valence-electron chi connectivity index (χ3n) is 2.29. The van der Waals surface area contributed by atoms with E-state index in [0.29, 0.717) is 11.3 Å². The Morgan fingerprint density at radius 3 is 2.44 bits per heavy atom. The molecule has 96 valence electrons. The first-order valence-electron chi connectivity index (χ1n) is 5.22. The van der Waals surface area contributed by atoms with Gasteiger partial charge in [-0.1, -0.05) is 12.1 Å². The van der Waals surface area contributed by atoms with E-state index in [1.807, 2.05) is 0 Å². The van der Waals surface area contributed by atoms with Gasteiger partial charge in [-0.05, 0) is 19.1 Å². The number of aliphatic carboxylic acids is 2. The zero-order valence-electron chi connectivity index (χ0n) is 9.71. The minimum atomic E-state index is -1.26. The smallest absolute Gasteiger partial charge is 0.326 e. The highest BCUT2D eigenvalue weighted by Crippen LogP contribution is 2.13. The van der Waals surface area contributed by atoms with Crippen LogP contribution in [0.25, 0.3) is 0 Å². The van der Waals surface area contributed by atoms with E-state index in [1.54, 1.807) is 18.2 Å². The van der Waals surface area contributed by atoms with Gasteiger partial charge in [-0.2, -0.15) is 0 Å². The molecule has 18 heavy (non-hydrogen) atoms. The lowest BCUT2D eigenvalue weighted by Crippen LogP contribution is -2.31. The summed E-state index contributed by atoms with van der Waals surface area (Å²) in [6, 6.07) is 5.02. The Morgan fingerprint density at radius 2 is 1.94 bits per heavy atom. The number of anilines is 1. The van der Waals surface area contributed by atoms with Crippen LogP contribution in [0.5, 0.6) is 0 Å². The Bertz CT molecular complexity index is 483. The van der Waals surface area contributed by atoms with Crippen molar-refractivity contribution in [3.63, 3.8) is 0 Å². The van der Waals surface area contributed by atoms with E-state index >= 15 is 0 Å². The maximum Gasteiger partial charge on any atom is 0.326 e. The number of nitrogens with one attached hydrogen (secondary N) is 1. The molecule has 0 saturated heterocycles. The summed E-state index contributed by atoms with van der Waals surface area (Å²) in [7, 11) is 0. The van der Waals surface area contributed by atoms with Gasteiger partial charge in [-0.25, -0.2) is 4.79 Å². The molecule has 0 heterocycles. The summed E-state index contributed by atoms with van der Waals surface area (Å²) in [5.41, 5.74) is 0.829. The third-order valence-corrected chi connectivity index (χ3v) is 2.29. The van der Waals surface area contributed by atoms with Gasteiger partial charge in [-0.3, -0.25) is 9.59 Å². The first kappa shape index (κ1) is 13.7. The van der Waals surface area contributed by atoms with Gasteiger partial charge >= 0.3 is 11.9 Å². The summed E-state index contributed by atoms with van der Waals surface area (Å²) in [5, 5.41) is 20.0. The molecule has 1 unspecified atom stereocenters. The number of Topliss-reactive ketones (excluding diaryl/α,β-unsaturated/α-hetero) is 1. The molecule has 1 rings (SSSR count). The highest BCUT2D eigenvalue weighted by atomic mass is 16.4. The van der Waals surface area contributed by atoms with Gasteiger partial charge in [0.1, 0.15) is 6.04 Å². The molecule has 0 spiro atoms. The van der Waals surface area contributed by atoms with Gasteiger partial charge in [0.05, 0.1) is 6.42 Å². The Balaban J connectivity index is 2.86. The van der Waals surface area contributed by atoms with E-state index in [2.05, 4.69) is 5.32 Å². The van der Waals surface area contributed by atoms with Crippen LogP contribution in [0.4, 0.5) is 5.69 Å². The molecular formula is C12H13NO5. The van der Waals surface area contributed by atoms with Crippen molar-refractivity contribution in [2.75, 3.05) is 5.32 Å². The van der Waals surface area contributed by atoms with E-state index in [9.17, 15) is 14.4 Å². The van der Waals surface area contributed by atoms with Crippen LogP contribution >= 0.6 is 0 Å². The Labute approximate surface area is 103 Å². The molecule has 0 aliphatic rings. The summed E-state index contributed by atoms with van der Waals surface area (Å²) in [6.07, 6.45) is -0.542. The first-order chi connectivity index (χ1) is 8.40. The maximum atomic E-state index is 11.2. The highest BCUT2D eigenvalue weighted by molar-refractivity contribution is 5.95. The standard InChI is InChI=1S/C12H13NO5/c1-7(14)8-3-2-4-9(5-8)13-10(12(17)18)6-11(15)16/h2-5,10,13H,6H2,1H3,(H,15,16)(H,17,18). The first-order valence-corrected chi connectivity index (χ1v) is 5.22. The number of benzene rings is 1. The van der Waals surface area contributed by atoms with Crippen molar-refractivity contribution in [3.05, 3.63) is 29.8 Å². The number of carboxylic acids is 2. The normalized spacial score (nSPS) is 11.6.